The number of hydrogen-bond donors (Lipinski definition) is 0. The van der Waals surface area contributed by atoms with E-state index in [-0.39, 0.29) is 35.3 Å². The highest BCUT2D eigenvalue weighted by Crippen LogP contribution is 2.49. The highest BCUT2D eigenvalue weighted by atomic mass is 32.1. The van der Waals surface area contributed by atoms with Gasteiger partial charge in [0, 0.05) is 107 Å². The minimum Gasteiger partial charge on any atom is -0.455 e. The first-order valence-corrected chi connectivity index (χ1v) is 40.3. The summed E-state index contributed by atoms with van der Waals surface area (Å²) >= 11 is 3.56. The fourth-order valence-corrected chi connectivity index (χ4v) is 19.7. The van der Waals surface area contributed by atoms with Crippen LogP contribution < -0.4 is 9.80 Å². The van der Waals surface area contributed by atoms with Gasteiger partial charge in [-0.15, -0.1) is 22.7 Å². The summed E-state index contributed by atoms with van der Waals surface area (Å²) in [5.41, 5.74) is 15.4. The Balaban J connectivity index is 0.000000147. The van der Waals surface area contributed by atoms with Crippen molar-refractivity contribution >= 4 is 195 Å². The fraction of sp³-hybridized carbons (Fsp3) is 0. The van der Waals surface area contributed by atoms with E-state index in [0.29, 0.717) is 33.6 Å². The minimum atomic E-state index is -0.497. The van der Waals surface area contributed by atoms with Crippen molar-refractivity contribution < 1.29 is 22.5 Å². The van der Waals surface area contributed by atoms with Crippen LogP contribution in [0.4, 0.5) is 34.1 Å². The van der Waals surface area contributed by atoms with Crippen molar-refractivity contribution in [2.45, 2.75) is 0 Å². The van der Waals surface area contributed by atoms with Gasteiger partial charge >= 0.3 is 0 Å². The first-order valence-electron chi connectivity index (χ1n) is 43.6. The second kappa shape index (κ2) is 27.6. The third-order valence-electron chi connectivity index (χ3n) is 22.8. The van der Waals surface area contributed by atoms with E-state index in [1.165, 1.54) is 58.2 Å². The van der Waals surface area contributed by atoms with E-state index in [1.807, 2.05) is 101 Å². The molecular formula is C110H68N2O2S2. The Morgan fingerprint density at radius 1 is 0.198 bits per heavy atom. The van der Waals surface area contributed by atoms with Gasteiger partial charge in [0.15, 0.2) is 0 Å². The second-order valence-corrected chi connectivity index (χ2v) is 31.6. The zero-order valence-corrected chi connectivity index (χ0v) is 63.6. The molecule has 0 saturated carbocycles. The van der Waals surface area contributed by atoms with E-state index in [4.69, 9.17) is 22.5 Å². The number of nitrogens with zero attached hydrogens (tertiary/aromatic N) is 2. The second-order valence-electron chi connectivity index (χ2n) is 29.5. The molecule has 0 fully saturated rings. The lowest BCUT2D eigenvalue weighted by molar-refractivity contribution is 0.672. The number of hydrogen-bond acceptors (Lipinski definition) is 6. The van der Waals surface area contributed by atoms with Crippen molar-refractivity contribution in [3.05, 3.63) is 412 Å². The minimum absolute atomic E-state index is 0.0278. The van der Waals surface area contributed by atoms with Gasteiger partial charge < -0.3 is 18.6 Å². The molecule has 116 heavy (non-hydrogen) atoms. The maximum Gasteiger partial charge on any atom is 0.143 e. The van der Waals surface area contributed by atoms with Gasteiger partial charge in [-0.25, -0.2) is 0 Å². The maximum absolute atomic E-state index is 9.12. The summed E-state index contributed by atoms with van der Waals surface area (Å²) in [6.45, 7) is 0. The third-order valence-corrected chi connectivity index (χ3v) is 25.2. The van der Waals surface area contributed by atoms with Crippen LogP contribution in [0, 0.1) is 0 Å². The Kier molecular flexibility index (Phi) is 13.7. The molecule has 4 aromatic heterocycles. The molecule has 0 radical (unpaired) electrons. The van der Waals surface area contributed by atoms with Crippen molar-refractivity contribution in [2.75, 3.05) is 9.80 Å². The van der Waals surface area contributed by atoms with Gasteiger partial charge in [-0.05, 0) is 226 Å². The summed E-state index contributed by atoms with van der Waals surface area (Å²) in [6, 6.07) is 118. The molecule has 24 rings (SSSR count). The highest BCUT2D eigenvalue weighted by Gasteiger charge is 2.23. The average molecular weight is 1520 g/mol. The Hall–Kier alpha value is -14.7. The molecule has 4 heterocycles. The van der Waals surface area contributed by atoms with E-state index in [9.17, 15) is 0 Å². The highest BCUT2D eigenvalue weighted by molar-refractivity contribution is 7.27. The van der Waals surface area contributed by atoms with Crippen LogP contribution in [0.2, 0.25) is 0 Å². The van der Waals surface area contributed by atoms with Gasteiger partial charge in [-0.3, -0.25) is 0 Å². The molecule has 0 aliphatic carbocycles. The van der Waals surface area contributed by atoms with Crippen molar-refractivity contribution in [3.63, 3.8) is 0 Å². The monoisotopic (exact) mass is 1520 g/mol. The number of fused-ring (bicyclic) bond motifs is 21. The Morgan fingerprint density at radius 3 is 1.28 bits per heavy atom. The number of rotatable bonds is 11. The van der Waals surface area contributed by atoms with Crippen LogP contribution in [0.3, 0.4) is 0 Å². The molecule has 20 aromatic carbocycles. The molecule has 0 saturated heterocycles. The van der Waals surface area contributed by atoms with Crippen LogP contribution in [0.15, 0.2) is 421 Å². The SMILES string of the molecule is [2H]c1c([2H])c([2H])c(-c2cccc(N(c3cc(-c4ccc5c(c4)oc4c6ccccc6ccc54)cc(-c4c([2H])c([2H])c([2H])c([2H])c4[2H])c3)c3ccc4c(c3)sc3c5ccccc5ccc43)c2)c([2H])c1[2H].c1cc(-c2ccc3ccccc3c2)cc(N(c2ccc(-c3ccc4oc5c6ccccc6ccc5c4c3)cc2)c2ccc3sc4c5ccccc5ccc4c3c2)c1. The largest absolute Gasteiger partial charge is 0.455 e. The smallest absolute Gasteiger partial charge is 0.143 e. The summed E-state index contributed by atoms with van der Waals surface area (Å²) in [6.07, 6.45) is 0. The van der Waals surface area contributed by atoms with E-state index < -0.39 is 36.3 Å². The van der Waals surface area contributed by atoms with Crippen LogP contribution in [-0.2, 0) is 0 Å². The molecule has 0 aliphatic heterocycles. The molecule has 0 aliphatic rings. The van der Waals surface area contributed by atoms with Crippen molar-refractivity contribution in [3.8, 4) is 55.6 Å². The average Bonchev–Trinajstić information content (AvgIpc) is 1.51. The summed E-state index contributed by atoms with van der Waals surface area (Å²) in [7, 11) is 0. The van der Waals surface area contributed by atoms with Crippen LogP contribution in [0.25, 0.3) is 194 Å². The molecule has 24 aromatic rings. The Morgan fingerprint density at radius 2 is 0.621 bits per heavy atom. The summed E-state index contributed by atoms with van der Waals surface area (Å²) in [5.74, 6) is 0. The fourth-order valence-electron chi connectivity index (χ4n) is 17.2. The zero-order valence-electron chi connectivity index (χ0n) is 72.0. The third kappa shape index (κ3) is 11.6. The van der Waals surface area contributed by atoms with Gasteiger partial charge in [-0.2, -0.15) is 0 Å². The number of anilines is 6. The summed E-state index contributed by atoms with van der Waals surface area (Å²) < 4.78 is 105. The normalized spacial score (nSPS) is 13.0. The molecular weight excluding hydrogens is 1450 g/mol. The molecule has 0 bridgehead atoms. The van der Waals surface area contributed by atoms with Crippen molar-refractivity contribution in [2.24, 2.45) is 0 Å². The molecule has 0 atom stereocenters. The van der Waals surface area contributed by atoms with Gasteiger partial charge in [0.25, 0.3) is 0 Å². The van der Waals surface area contributed by atoms with Gasteiger partial charge in [0.05, 0.1) is 13.7 Å². The van der Waals surface area contributed by atoms with E-state index in [1.54, 1.807) is 29.5 Å². The van der Waals surface area contributed by atoms with Crippen LogP contribution >= 0.6 is 22.7 Å². The van der Waals surface area contributed by atoms with Gasteiger partial charge in [0.2, 0.25) is 0 Å². The van der Waals surface area contributed by atoms with Gasteiger partial charge in [0.1, 0.15) is 22.3 Å². The summed E-state index contributed by atoms with van der Waals surface area (Å²) in [4.78, 5) is 4.39. The lowest BCUT2D eigenvalue weighted by Crippen LogP contribution is -2.10. The molecule has 6 heteroatoms. The van der Waals surface area contributed by atoms with E-state index in [2.05, 4.69) is 254 Å². The quantitative estimate of drug-likeness (QED) is 0.129. The molecule has 0 spiro atoms. The summed E-state index contributed by atoms with van der Waals surface area (Å²) in [5, 5.41) is 20.7. The lowest BCUT2D eigenvalue weighted by atomic mass is 9.96. The van der Waals surface area contributed by atoms with E-state index in [0.717, 1.165) is 125 Å². The first-order chi connectivity index (χ1) is 61.6. The Labute approximate surface area is 690 Å². The number of thiophene rings is 2. The molecule has 542 valence electrons. The number of benzene rings is 20. The van der Waals surface area contributed by atoms with Crippen LogP contribution in [-0.4, -0.2) is 0 Å². The molecule has 0 unspecified atom stereocenters. The Bertz CT molecular complexity index is 8680. The van der Waals surface area contributed by atoms with Gasteiger partial charge in [-0.1, -0.05) is 285 Å². The lowest BCUT2D eigenvalue weighted by Gasteiger charge is -2.27. The maximum atomic E-state index is 9.12. The van der Waals surface area contributed by atoms with Crippen LogP contribution in [0.5, 0.6) is 0 Å². The number of furan rings is 2. The molecule has 4 nitrogen and oxygen atoms in total. The van der Waals surface area contributed by atoms with Crippen molar-refractivity contribution in [1.29, 1.82) is 0 Å². The molecule has 0 N–H and O–H groups in total. The predicted molar refractivity (Wildman–Crippen MR) is 497 cm³/mol. The van der Waals surface area contributed by atoms with E-state index >= 15 is 0 Å². The predicted octanol–water partition coefficient (Wildman–Crippen LogP) is 32.9. The van der Waals surface area contributed by atoms with Crippen molar-refractivity contribution in [1.82, 2.24) is 0 Å². The topological polar surface area (TPSA) is 32.8 Å². The van der Waals surface area contributed by atoms with Crippen LogP contribution in [0.1, 0.15) is 13.7 Å². The molecule has 0 amide bonds. The first kappa shape index (κ1) is 57.4. The zero-order chi connectivity index (χ0) is 85.0. The standard InChI is InChI=1S/C56H35NOS.C54H33NOS/c1-3-12-36(13-4-1)40-18-11-19-44(31-40)57(45-25-29-50-52-28-23-39-17-8-10-21-48(39)56(52)59-54(50)35-45)46-32-42(37-14-5-2-6-15-37)30-43(33-46)41-24-26-49-51-27-22-38-16-7-9-20-47(38)55(51)58-53(49)34-41;1-2-11-38-30-40(17-16-34(38)8-1)39-12-7-13-43(31-39)55(44-25-29-52-50(33-44)48-27-21-37-10-4-6-15-46(37)54(48)57-52)42-23-18-35(19-24-42)41-22-28-51-49(32-41)47-26-20-36-9-3-5-14-45(36)53(47)56-51/h1-35H;1-33H/i1D,2D,3D,4D,5D,6D,12D,13D,14D,15D;.